The van der Waals surface area contributed by atoms with Gasteiger partial charge >= 0.3 is 0 Å². The summed E-state index contributed by atoms with van der Waals surface area (Å²) in [6.45, 7) is 6.58. The highest BCUT2D eigenvalue weighted by atomic mass is 16.3. The van der Waals surface area contributed by atoms with Gasteiger partial charge in [-0.2, -0.15) is 0 Å². The highest BCUT2D eigenvalue weighted by Gasteiger charge is 2.24. The van der Waals surface area contributed by atoms with Gasteiger partial charge in [0.05, 0.1) is 12.6 Å². The lowest BCUT2D eigenvalue weighted by Gasteiger charge is -2.33. The first kappa shape index (κ1) is 11.5. The fourth-order valence-electron chi connectivity index (χ4n) is 1.71. The Balaban J connectivity index is 2.29. The van der Waals surface area contributed by atoms with Crippen molar-refractivity contribution in [3.63, 3.8) is 0 Å². The van der Waals surface area contributed by atoms with Crippen LogP contribution in [0.3, 0.4) is 0 Å². The number of aliphatic hydroxyl groups is 1. The Bertz CT molecular complexity index is 197. The van der Waals surface area contributed by atoms with E-state index in [0.29, 0.717) is 25.6 Å². The second-order valence-corrected chi connectivity index (χ2v) is 4.02. The van der Waals surface area contributed by atoms with Crippen molar-refractivity contribution in [3.8, 4) is 0 Å². The third kappa shape index (κ3) is 3.27. The molecule has 2 unspecified atom stereocenters. The number of likely N-dealkylation sites (N-methyl/N-ethyl adjacent to an activating group) is 1. The molecule has 2 N–H and O–H groups in total. The number of aliphatic hydroxyl groups excluding tert-OH is 1. The minimum Gasteiger partial charge on any atom is -0.392 e. The lowest BCUT2D eigenvalue weighted by molar-refractivity contribution is -0.123. The Hall–Kier alpha value is -0.610. The van der Waals surface area contributed by atoms with E-state index in [-0.39, 0.29) is 12.0 Å². The highest BCUT2D eigenvalue weighted by Crippen LogP contribution is 2.16. The summed E-state index contributed by atoms with van der Waals surface area (Å²) in [5, 5.41) is 12.4. The van der Waals surface area contributed by atoms with Crippen LogP contribution in [0.5, 0.6) is 0 Å². The van der Waals surface area contributed by atoms with Gasteiger partial charge in [0.15, 0.2) is 0 Å². The molecular weight excluding hydrogens is 180 g/mol. The van der Waals surface area contributed by atoms with Crippen LogP contribution >= 0.6 is 0 Å². The summed E-state index contributed by atoms with van der Waals surface area (Å²) >= 11 is 0. The number of piperidine rings is 1. The van der Waals surface area contributed by atoms with Gasteiger partial charge in [0.25, 0.3) is 0 Å². The van der Waals surface area contributed by atoms with Crippen molar-refractivity contribution in [1.82, 2.24) is 10.2 Å². The summed E-state index contributed by atoms with van der Waals surface area (Å²) in [6, 6.07) is 0. The lowest BCUT2D eigenvalue weighted by atomic mass is 9.96. The second-order valence-electron chi connectivity index (χ2n) is 4.02. The number of nitrogens with zero attached hydrogens (tertiary/aromatic N) is 1. The van der Waals surface area contributed by atoms with Crippen molar-refractivity contribution in [2.75, 3.05) is 26.2 Å². The van der Waals surface area contributed by atoms with Gasteiger partial charge in [-0.1, -0.05) is 6.92 Å². The molecule has 1 aliphatic heterocycles. The van der Waals surface area contributed by atoms with Gasteiger partial charge in [-0.25, -0.2) is 0 Å². The van der Waals surface area contributed by atoms with E-state index in [2.05, 4.69) is 5.32 Å². The molecule has 4 nitrogen and oxygen atoms in total. The summed E-state index contributed by atoms with van der Waals surface area (Å²) in [4.78, 5) is 13.3. The van der Waals surface area contributed by atoms with Crippen LogP contribution in [0, 0.1) is 5.92 Å². The fourth-order valence-corrected chi connectivity index (χ4v) is 1.71. The van der Waals surface area contributed by atoms with E-state index < -0.39 is 0 Å². The number of likely N-dealkylation sites (tertiary alicyclic amines) is 1. The zero-order valence-corrected chi connectivity index (χ0v) is 8.99. The monoisotopic (exact) mass is 200 g/mol. The third-order valence-electron chi connectivity index (χ3n) is 2.74. The molecule has 0 aromatic carbocycles. The molecule has 1 aliphatic rings. The molecule has 0 spiro atoms. The van der Waals surface area contributed by atoms with Crippen LogP contribution in [-0.2, 0) is 4.79 Å². The molecule has 0 aromatic heterocycles. The number of carbonyl (C=O) groups excluding carboxylic acids is 1. The predicted molar refractivity (Wildman–Crippen MR) is 54.9 cm³/mol. The van der Waals surface area contributed by atoms with Crippen molar-refractivity contribution in [1.29, 1.82) is 0 Å². The van der Waals surface area contributed by atoms with Crippen LogP contribution in [0.4, 0.5) is 0 Å². The van der Waals surface area contributed by atoms with Gasteiger partial charge in [-0.05, 0) is 25.8 Å². The molecule has 14 heavy (non-hydrogen) atoms. The lowest BCUT2D eigenvalue weighted by Crippen LogP contribution is -2.47. The number of β-amino-alcohol motifs (C(OH)–C–C–N with tert-alkyl or cyclic N) is 1. The maximum atomic E-state index is 11.3. The zero-order valence-electron chi connectivity index (χ0n) is 8.99. The predicted octanol–water partition coefficient (Wildman–Crippen LogP) is -0.175. The standard InChI is InChI=1S/C10H20N2O2/c1-3-11-10(14)7-12-5-4-8(2)9(13)6-12/h8-9,13H,3-7H2,1-2H3,(H,11,14). The molecule has 1 amide bonds. The third-order valence-corrected chi connectivity index (χ3v) is 2.74. The van der Waals surface area contributed by atoms with Crippen molar-refractivity contribution >= 4 is 5.91 Å². The Labute approximate surface area is 85.3 Å². The first-order valence-corrected chi connectivity index (χ1v) is 5.30. The van der Waals surface area contributed by atoms with Crippen LogP contribution < -0.4 is 5.32 Å². The van der Waals surface area contributed by atoms with E-state index in [4.69, 9.17) is 0 Å². The van der Waals surface area contributed by atoms with Crippen LogP contribution in [0.25, 0.3) is 0 Å². The highest BCUT2D eigenvalue weighted by molar-refractivity contribution is 5.77. The van der Waals surface area contributed by atoms with Crippen LogP contribution in [0.2, 0.25) is 0 Å². The Morgan fingerprint density at radius 2 is 2.36 bits per heavy atom. The van der Waals surface area contributed by atoms with Crippen molar-refractivity contribution in [3.05, 3.63) is 0 Å². The summed E-state index contributed by atoms with van der Waals surface area (Å²) < 4.78 is 0. The van der Waals surface area contributed by atoms with Gasteiger partial charge in [0.2, 0.25) is 5.91 Å². The first-order valence-electron chi connectivity index (χ1n) is 5.30. The molecule has 0 saturated carbocycles. The first-order chi connectivity index (χ1) is 6.63. The van der Waals surface area contributed by atoms with Gasteiger partial charge < -0.3 is 10.4 Å². The van der Waals surface area contributed by atoms with Gasteiger partial charge in [-0.15, -0.1) is 0 Å². The molecule has 1 saturated heterocycles. The molecule has 1 heterocycles. The minimum atomic E-state index is -0.279. The van der Waals surface area contributed by atoms with Crippen LogP contribution in [-0.4, -0.2) is 48.2 Å². The quantitative estimate of drug-likeness (QED) is 0.665. The summed E-state index contributed by atoms with van der Waals surface area (Å²) in [5.41, 5.74) is 0. The van der Waals surface area contributed by atoms with Gasteiger partial charge in [0.1, 0.15) is 0 Å². The maximum Gasteiger partial charge on any atom is 0.234 e. The molecular formula is C10H20N2O2. The fraction of sp³-hybridized carbons (Fsp3) is 0.900. The zero-order chi connectivity index (χ0) is 10.6. The minimum absolute atomic E-state index is 0.0502. The average molecular weight is 200 g/mol. The Morgan fingerprint density at radius 3 is 2.93 bits per heavy atom. The number of carbonyl (C=O) groups is 1. The van der Waals surface area contributed by atoms with Crippen molar-refractivity contribution in [2.45, 2.75) is 26.4 Å². The number of rotatable bonds is 3. The molecule has 1 fully saturated rings. The largest absolute Gasteiger partial charge is 0.392 e. The molecule has 0 bridgehead atoms. The summed E-state index contributed by atoms with van der Waals surface area (Å²) in [7, 11) is 0. The number of hydrogen-bond donors (Lipinski definition) is 2. The average Bonchev–Trinajstić information content (AvgIpc) is 2.12. The van der Waals surface area contributed by atoms with E-state index in [0.717, 1.165) is 13.0 Å². The molecule has 0 aromatic rings. The normalized spacial score (nSPS) is 28.8. The van der Waals surface area contributed by atoms with Crippen LogP contribution in [0.1, 0.15) is 20.3 Å². The number of amides is 1. The Morgan fingerprint density at radius 1 is 1.64 bits per heavy atom. The number of nitrogens with one attached hydrogen (secondary N) is 1. The van der Waals surface area contributed by atoms with Crippen molar-refractivity contribution < 1.29 is 9.90 Å². The van der Waals surface area contributed by atoms with E-state index in [1.807, 2.05) is 18.7 Å². The molecule has 4 heteroatoms. The van der Waals surface area contributed by atoms with E-state index >= 15 is 0 Å². The van der Waals surface area contributed by atoms with E-state index in [1.54, 1.807) is 0 Å². The topological polar surface area (TPSA) is 52.6 Å². The smallest absolute Gasteiger partial charge is 0.234 e. The molecule has 0 radical (unpaired) electrons. The van der Waals surface area contributed by atoms with Crippen LogP contribution in [0.15, 0.2) is 0 Å². The number of hydrogen-bond acceptors (Lipinski definition) is 3. The Kier molecular flexibility index (Phi) is 4.35. The van der Waals surface area contributed by atoms with Gasteiger partial charge in [0, 0.05) is 13.1 Å². The molecule has 0 aliphatic carbocycles. The molecule has 1 rings (SSSR count). The van der Waals surface area contributed by atoms with E-state index in [1.165, 1.54) is 0 Å². The van der Waals surface area contributed by atoms with E-state index in [9.17, 15) is 9.90 Å². The SMILES string of the molecule is CCNC(=O)CN1CCC(C)C(O)C1. The second kappa shape index (κ2) is 5.32. The maximum absolute atomic E-state index is 11.3. The summed E-state index contributed by atoms with van der Waals surface area (Å²) in [5.74, 6) is 0.412. The van der Waals surface area contributed by atoms with Gasteiger partial charge in [-0.3, -0.25) is 9.69 Å². The summed E-state index contributed by atoms with van der Waals surface area (Å²) in [6.07, 6.45) is 0.693. The van der Waals surface area contributed by atoms with Crippen molar-refractivity contribution in [2.24, 2.45) is 5.92 Å². The molecule has 82 valence electrons. The molecule has 2 atom stereocenters.